The van der Waals surface area contributed by atoms with Crippen LogP contribution in [-0.2, 0) is 0 Å². The molecule has 0 aliphatic carbocycles. The summed E-state index contributed by atoms with van der Waals surface area (Å²) >= 11 is 0. The molecule has 0 fully saturated rings. The third-order valence-corrected chi connectivity index (χ3v) is 4.31. The first-order chi connectivity index (χ1) is 11.9. The lowest BCUT2D eigenvalue weighted by Crippen LogP contribution is -2.32. The minimum atomic E-state index is 0.808. The Morgan fingerprint density at radius 1 is 0.583 bits per heavy atom. The minimum Gasteiger partial charge on any atom is -0.372 e. The maximum absolute atomic E-state index is 3.44. The summed E-state index contributed by atoms with van der Waals surface area (Å²) in [7, 11) is 0. The summed E-state index contributed by atoms with van der Waals surface area (Å²) in [5, 5.41) is 6.73. The first-order valence-corrected chi connectivity index (χ1v) is 8.31. The van der Waals surface area contributed by atoms with E-state index in [4.69, 9.17) is 0 Å². The van der Waals surface area contributed by atoms with Gasteiger partial charge in [-0.1, -0.05) is 60.7 Å². The van der Waals surface area contributed by atoms with Gasteiger partial charge in [-0.15, -0.1) is 0 Å². The fourth-order valence-electron chi connectivity index (χ4n) is 3.07. The Balaban J connectivity index is 1.86. The van der Waals surface area contributed by atoms with E-state index in [2.05, 4.69) is 95.6 Å². The van der Waals surface area contributed by atoms with E-state index >= 15 is 0 Å². The van der Waals surface area contributed by atoms with Crippen molar-refractivity contribution in [1.29, 1.82) is 0 Å². The van der Waals surface area contributed by atoms with Crippen LogP contribution in [0.5, 0.6) is 0 Å². The molecular formula is C22H20N2. The Labute approximate surface area is 142 Å². The quantitative estimate of drug-likeness (QED) is 0.743. The highest BCUT2D eigenvalue weighted by Crippen LogP contribution is 2.30. The zero-order valence-electron chi connectivity index (χ0n) is 13.5. The lowest BCUT2D eigenvalue weighted by Gasteiger charge is -2.19. The summed E-state index contributed by atoms with van der Waals surface area (Å²) in [5.74, 6) is 0. The van der Waals surface area contributed by atoms with Crippen molar-refractivity contribution in [3.63, 3.8) is 0 Å². The molecule has 0 radical (unpaired) electrons. The van der Waals surface area contributed by atoms with Gasteiger partial charge in [0.25, 0.3) is 0 Å². The molecule has 2 N–H and O–H groups in total. The fraction of sp³-hybridized carbons (Fsp3) is 0.0909. The normalized spacial score (nSPS) is 13.9. The van der Waals surface area contributed by atoms with E-state index in [0.717, 1.165) is 13.2 Å². The van der Waals surface area contributed by atoms with Gasteiger partial charge in [0.05, 0.1) is 6.67 Å². The first-order valence-electron chi connectivity index (χ1n) is 8.31. The van der Waals surface area contributed by atoms with Gasteiger partial charge in [-0.3, -0.25) is 5.32 Å². The molecule has 0 atom stereocenters. The molecule has 118 valence electrons. The molecule has 0 amide bonds. The van der Waals surface area contributed by atoms with Crippen LogP contribution in [0.1, 0.15) is 5.56 Å². The molecule has 3 aromatic rings. The maximum Gasteiger partial charge on any atom is 0.0655 e. The lowest BCUT2D eigenvalue weighted by molar-refractivity contribution is 0.682. The predicted octanol–water partition coefficient (Wildman–Crippen LogP) is 4.51. The van der Waals surface area contributed by atoms with Crippen LogP contribution in [0.25, 0.3) is 28.0 Å². The molecule has 4 rings (SSSR count). The number of hydrogen-bond donors (Lipinski definition) is 2. The van der Waals surface area contributed by atoms with Crippen molar-refractivity contribution in [3.05, 3.63) is 90.5 Å². The molecule has 1 aliphatic rings. The van der Waals surface area contributed by atoms with Crippen molar-refractivity contribution in [2.75, 3.05) is 13.2 Å². The fourth-order valence-corrected chi connectivity index (χ4v) is 3.07. The summed E-state index contributed by atoms with van der Waals surface area (Å²) in [6, 6.07) is 27.9. The average molecular weight is 312 g/mol. The summed E-state index contributed by atoms with van der Waals surface area (Å²) < 4.78 is 0. The number of rotatable bonds is 3. The Morgan fingerprint density at radius 3 is 1.62 bits per heavy atom. The van der Waals surface area contributed by atoms with E-state index in [1.807, 2.05) is 0 Å². The van der Waals surface area contributed by atoms with E-state index in [9.17, 15) is 0 Å². The van der Waals surface area contributed by atoms with Gasteiger partial charge in [-0.2, -0.15) is 0 Å². The minimum absolute atomic E-state index is 0.808. The van der Waals surface area contributed by atoms with Crippen LogP contribution in [0.15, 0.2) is 84.9 Å². The van der Waals surface area contributed by atoms with Crippen LogP contribution in [0, 0.1) is 0 Å². The first kappa shape index (κ1) is 14.7. The molecular weight excluding hydrogens is 292 g/mol. The topological polar surface area (TPSA) is 24.1 Å². The van der Waals surface area contributed by atoms with Crippen molar-refractivity contribution >= 4 is 5.70 Å². The van der Waals surface area contributed by atoms with Gasteiger partial charge in [0.1, 0.15) is 0 Å². The second kappa shape index (κ2) is 6.73. The van der Waals surface area contributed by atoms with Gasteiger partial charge in [0.15, 0.2) is 0 Å². The van der Waals surface area contributed by atoms with Crippen molar-refractivity contribution in [1.82, 2.24) is 10.6 Å². The maximum atomic E-state index is 3.44. The van der Waals surface area contributed by atoms with Crippen molar-refractivity contribution in [3.8, 4) is 22.3 Å². The third-order valence-electron chi connectivity index (χ3n) is 4.31. The molecule has 0 saturated carbocycles. The number of benzene rings is 3. The van der Waals surface area contributed by atoms with Gasteiger partial charge in [0.2, 0.25) is 0 Å². The van der Waals surface area contributed by atoms with Gasteiger partial charge in [0, 0.05) is 12.2 Å². The molecule has 0 saturated heterocycles. The molecule has 2 nitrogen and oxygen atoms in total. The van der Waals surface area contributed by atoms with Crippen LogP contribution in [0.3, 0.4) is 0 Å². The summed E-state index contributed by atoms with van der Waals surface area (Å²) in [6.45, 7) is 1.71. The molecule has 0 bridgehead atoms. The molecule has 24 heavy (non-hydrogen) atoms. The van der Waals surface area contributed by atoms with Gasteiger partial charge >= 0.3 is 0 Å². The SMILES string of the molecule is C1=C(c2cc(-c3ccccc3)cc(-c3ccccc3)c2)NCNC1. The third kappa shape index (κ3) is 3.10. The largest absolute Gasteiger partial charge is 0.372 e. The van der Waals surface area contributed by atoms with Crippen LogP contribution in [-0.4, -0.2) is 13.2 Å². The highest BCUT2D eigenvalue weighted by atomic mass is 15.1. The van der Waals surface area contributed by atoms with Crippen molar-refractivity contribution < 1.29 is 0 Å². The van der Waals surface area contributed by atoms with E-state index in [-0.39, 0.29) is 0 Å². The Kier molecular flexibility index (Phi) is 4.13. The summed E-state index contributed by atoms with van der Waals surface area (Å²) in [5.41, 5.74) is 7.40. The standard InChI is InChI=1S/C22H20N2/c1-3-7-17(8-4-1)19-13-20(18-9-5-2-6-10-18)15-21(14-19)22-11-12-23-16-24-22/h1-11,13-15,23-24H,12,16H2. The molecule has 0 aromatic heterocycles. The zero-order chi connectivity index (χ0) is 16.2. The number of nitrogens with one attached hydrogen (secondary N) is 2. The van der Waals surface area contributed by atoms with Crippen molar-refractivity contribution in [2.45, 2.75) is 0 Å². The van der Waals surface area contributed by atoms with E-state index in [1.165, 1.54) is 33.5 Å². The Morgan fingerprint density at radius 2 is 1.12 bits per heavy atom. The van der Waals surface area contributed by atoms with Gasteiger partial charge in [-0.05, 0) is 52.1 Å². The smallest absolute Gasteiger partial charge is 0.0655 e. The summed E-state index contributed by atoms with van der Waals surface area (Å²) in [6.07, 6.45) is 2.21. The molecule has 0 spiro atoms. The van der Waals surface area contributed by atoms with Crippen LogP contribution >= 0.6 is 0 Å². The Bertz CT molecular complexity index is 794. The zero-order valence-corrected chi connectivity index (χ0v) is 13.5. The second-order valence-electron chi connectivity index (χ2n) is 5.96. The lowest BCUT2D eigenvalue weighted by atomic mass is 9.95. The van der Waals surface area contributed by atoms with Crippen LogP contribution in [0.2, 0.25) is 0 Å². The Hall–Kier alpha value is -2.84. The second-order valence-corrected chi connectivity index (χ2v) is 5.96. The molecule has 3 aromatic carbocycles. The van der Waals surface area contributed by atoms with Gasteiger partial charge in [-0.25, -0.2) is 0 Å². The highest BCUT2D eigenvalue weighted by molar-refractivity contribution is 5.79. The molecule has 2 heteroatoms. The monoisotopic (exact) mass is 312 g/mol. The van der Waals surface area contributed by atoms with E-state index < -0.39 is 0 Å². The molecule has 1 heterocycles. The highest BCUT2D eigenvalue weighted by Gasteiger charge is 2.10. The average Bonchev–Trinajstić information content (AvgIpc) is 2.70. The molecule has 1 aliphatic heterocycles. The van der Waals surface area contributed by atoms with Crippen LogP contribution < -0.4 is 10.6 Å². The van der Waals surface area contributed by atoms with E-state index in [0.29, 0.717) is 0 Å². The van der Waals surface area contributed by atoms with Crippen molar-refractivity contribution in [2.24, 2.45) is 0 Å². The van der Waals surface area contributed by atoms with Gasteiger partial charge < -0.3 is 5.32 Å². The summed E-state index contributed by atoms with van der Waals surface area (Å²) in [4.78, 5) is 0. The van der Waals surface area contributed by atoms with Crippen LogP contribution in [0.4, 0.5) is 0 Å². The van der Waals surface area contributed by atoms with E-state index in [1.54, 1.807) is 0 Å². The predicted molar refractivity (Wildman–Crippen MR) is 101 cm³/mol. The number of hydrogen-bond acceptors (Lipinski definition) is 2. The molecule has 0 unspecified atom stereocenters.